The Kier molecular flexibility index (Phi) is 7.25. The van der Waals surface area contributed by atoms with Crippen molar-refractivity contribution in [2.75, 3.05) is 45.9 Å². The van der Waals surface area contributed by atoms with Crippen molar-refractivity contribution in [1.82, 2.24) is 14.7 Å². The molecule has 1 aromatic rings. The molecule has 1 saturated heterocycles. The van der Waals surface area contributed by atoms with E-state index in [0.29, 0.717) is 45.9 Å². The van der Waals surface area contributed by atoms with Gasteiger partial charge in [0.2, 0.25) is 5.91 Å². The van der Waals surface area contributed by atoms with Gasteiger partial charge in [0.1, 0.15) is 6.04 Å². The highest BCUT2D eigenvalue weighted by molar-refractivity contribution is 5.83. The quantitative estimate of drug-likeness (QED) is 0.793. The molecule has 1 aromatic carbocycles. The molecule has 1 unspecified atom stereocenters. The molecule has 138 valence electrons. The molecule has 6 nitrogen and oxygen atoms in total. The van der Waals surface area contributed by atoms with Crippen LogP contribution in [0.1, 0.15) is 32.4 Å². The third-order valence-electron chi connectivity index (χ3n) is 4.63. The van der Waals surface area contributed by atoms with Gasteiger partial charge in [-0.05, 0) is 26.3 Å². The zero-order valence-electron chi connectivity index (χ0n) is 15.5. The van der Waals surface area contributed by atoms with Gasteiger partial charge >= 0.3 is 6.09 Å². The smallest absolute Gasteiger partial charge is 0.409 e. The van der Waals surface area contributed by atoms with Gasteiger partial charge in [-0.1, -0.05) is 30.3 Å². The number of benzene rings is 1. The summed E-state index contributed by atoms with van der Waals surface area (Å²) >= 11 is 0. The maximum absolute atomic E-state index is 13.1. The van der Waals surface area contributed by atoms with E-state index in [1.54, 1.807) is 4.90 Å². The molecule has 1 aliphatic rings. The Balaban J connectivity index is 2.15. The molecule has 1 atom stereocenters. The van der Waals surface area contributed by atoms with Crippen LogP contribution in [0.3, 0.4) is 0 Å². The highest BCUT2D eigenvalue weighted by Crippen LogP contribution is 2.25. The first-order valence-corrected chi connectivity index (χ1v) is 9.11. The van der Waals surface area contributed by atoms with Gasteiger partial charge in [0.25, 0.3) is 0 Å². The lowest BCUT2D eigenvalue weighted by atomic mass is 10.0. The van der Waals surface area contributed by atoms with Gasteiger partial charge in [0, 0.05) is 39.3 Å². The predicted octanol–water partition coefficient (Wildman–Crippen LogP) is 2.37. The minimum Gasteiger partial charge on any atom is -0.450 e. The molecule has 0 saturated carbocycles. The van der Waals surface area contributed by atoms with Crippen LogP contribution >= 0.6 is 0 Å². The average Bonchev–Trinajstić information content (AvgIpc) is 2.64. The molecule has 0 spiro atoms. The van der Waals surface area contributed by atoms with Gasteiger partial charge in [-0.15, -0.1) is 0 Å². The molecule has 0 bridgehead atoms. The highest BCUT2D eigenvalue weighted by Gasteiger charge is 2.33. The van der Waals surface area contributed by atoms with Crippen LogP contribution in [-0.4, -0.2) is 72.6 Å². The minimum absolute atomic E-state index is 0.126. The Hall–Kier alpha value is -2.08. The van der Waals surface area contributed by atoms with Crippen molar-refractivity contribution >= 4 is 12.0 Å². The van der Waals surface area contributed by atoms with Crippen molar-refractivity contribution in [3.63, 3.8) is 0 Å². The van der Waals surface area contributed by atoms with Crippen molar-refractivity contribution in [2.24, 2.45) is 0 Å². The molecule has 1 aliphatic heterocycles. The van der Waals surface area contributed by atoms with Crippen molar-refractivity contribution in [3.8, 4) is 0 Å². The monoisotopic (exact) mass is 347 g/mol. The first-order valence-electron chi connectivity index (χ1n) is 9.11. The number of carbonyl (C=O) groups is 2. The van der Waals surface area contributed by atoms with Crippen LogP contribution in [0.2, 0.25) is 0 Å². The van der Waals surface area contributed by atoms with Crippen LogP contribution in [0, 0.1) is 0 Å². The third-order valence-corrected chi connectivity index (χ3v) is 4.63. The number of ether oxygens (including phenoxy) is 1. The van der Waals surface area contributed by atoms with Crippen LogP contribution in [-0.2, 0) is 9.53 Å². The van der Waals surface area contributed by atoms with Crippen molar-refractivity contribution in [1.29, 1.82) is 0 Å². The second kappa shape index (κ2) is 9.42. The number of likely N-dealkylation sites (N-methyl/N-ethyl adjacent to an activating group) is 1. The summed E-state index contributed by atoms with van der Waals surface area (Å²) in [4.78, 5) is 30.7. The van der Waals surface area contributed by atoms with Gasteiger partial charge in [-0.3, -0.25) is 9.69 Å². The van der Waals surface area contributed by atoms with Crippen LogP contribution in [0.25, 0.3) is 0 Å². The fourth-order valence-electron chi connectivity index (χ4n) is 3.23. The van der Waals surface area contributed by atoms with Gasteiger partial charge in [-0.2, -0.15) is 0 Å². The molecular weight excluding hydrogens is 318 g/mol. The summed E-state index contributed by atoms with van der Waals surface area (Å²) in [6.45, 7) is 10.1. The van der Waals surface area contributed by atoms with Crippen LogP contribution < -0.4 is 0 Å². The average molecular weight is 347 g/mol. The number of rotatable bonds is 6. The first kappa shape index (κ1) is 19.2. The normalized spacial score (nSPS) is 16.4. The zero-order valence-corrected chi connectivity index (χ0v) is 15.5. The number of hydrogen-bond acceptors (Lipinski definition) is 4. The predicted molar refractivity (Wildman–Crippen MR) is 97.3 cm³/mol. The Morgan fingerprint density at radius 3 is 2.16 bits per heavy atom. The van der Waals surface area contributed by atoms with E-state index < -0.39 is 0 Å². The van der Waals surface area contributed by atoms with E-state index in [9.17, 15) is 9.59 Å². The van der Waals surface area contributed by atoms with E-state index in [4.69, 9.17) is 4.74 Å². The summed E-state index contributed by atoms with van der Waals surface area (Å²) in [6, 6.07) is 9.60. The molecule has 0 radical (unpaired) electrons. The molecular formula is C19H29N3O3. The largest absolute Gasteiger partial charge is 0.450 e. The minimum atomic E-state index is -0.301. The number of piperazine rings is 1. The second-order valence-corrected chi connectivity index (χ2v) is 6.05. The maximum Gasteiger partial charge on any atom is 0.409 e. The molecule has 1 heterocycles. The van der Waals surface area contributed by atoms with Gasteiger partial charge < -0.3 is 14.5 Å². The summed E-state index contributed by atoms with van der Waals surface area (Å²) in [6.07, 6.45) is -0.270. The second-order valence-electron chi connectivity index (χ2n) is 6.05. The van der Waals surface area contributed by atoms with Crippen LogP contribution in [0.4, 0.5) is 4.79 Å². The van der Waals surface area contributed by atoms with Gasteiger partial charge in [0.15, 0.2) is 0 Å². The van der Waals surface area contributed by atoms with E-state index >= 15 is 0 Å². The van der Waals surface area contributed by atoms with E-state index in [0.717, 1.165) is 5.56 Å². The number of carbonyl (C=O) groups excluding carboxylic acids is 2. The lowest BCUT2D eigenvalue weighted by Gasteiger charge is -2.39. The first-order chi connectivity index (χ1) is 12.1. The summed E-state index contributed by atoms with van der Waals surface area (Å²) in [7, 11) is 0. The SMILES string of the molecule is CCOC(=O)N1CCN(C(C(=O)N(CC)CC)c2ccccc2)CC1. The standard InChI is InChI=1S/C19H29N3O3/c1-4-20(5-2)18(23)17(16-10-8-7-9-11-16)21-12-14-22(15-13-21)19(24)25-6-3/h7-11,17H,4-6,12-15H2,1-3H3. The van der Waals surface area contributed by atoms with Crippen molar-refractivity contribution in [3.05, 3.63) is 35.9 Å². The summed E-state index contributed by atoms with van der Waals surface area (Å²) < 4.78 is 5.08. The van der Waals surface area contributed by atoms with E-state index in [-0.39, 0.29) is 18.0 Å². The summed E-state index contributed by atoms with van der Waals surface area (Å²) in [5, 5.41) is 0. The molecule has 0 aromatic heterocycles. The number of nitrogens with zero attached hydrogens (tertiary/aromatic N) is 3. The van der Waals surface area contributed by atoms with E-state index in [1.807, 2.05) is 56.0 Å². The fourth-order valence-corrected chi connectivity index (χ4v) is 3.23. The Morgan fingerprint density at radius 1 is 1.04 bits per heavy atom. The molecule has 25 heavy (non-hydrogen) atoms. The molecule has 6 heteroatoms. The third kappa shape index (κ3) is 4.72. The van der Waals surface area contributed by atoms with E-state index in [1.165, 1.54) is 0 Å². The highest BCUT2D eigenvalue weighted by atomic mass is 16.6. The van der Waals surface area contributed by atoms with Crippen LogP contribution in [0.5, 0.6) is 0 Å². The number of hydrogen-bond donors (Lipinski definition) is 0. The van der Waals surface area contributed by atoms with Crippen molar-refractivity contribution < 1.29 is 14.3 Å². The van der Waals surface area contributed by atoms with Gasteiger partial charge in [-0.25, -0.2) is 4.79 Å². The molecule has 1 fully saturated rings. The van der Waals surface area contributed by atoms with E-state index in [2.05, 4.69) is 4.90 Å². The number of amides is 2. The zero-order chi connectivity index (χ0) is 18.2. The topological polar surface area (TPSA) is 53.1 Å². The van der Waals surface area contributed by atoms with Gasteiger partial charge in [0.05, 0.1) is 6.61 Å². The molecule has 0 aliphatic carbocycles. The lowest BCUT2D eigenvalue weighted by Crippen LogP contribution is -2.53. The molecule has 2 amide bonds. The molecule has 0 N–H and O–H groups in total. The summed E-state index contributed by atoms with van der Waals surface area (Å²) in [5.74, 6) is 0.126. The fraction of sp³-hybridized carbons (Fsp3) is 0.579. The Bertz CT molecular complexity index is 552. The Morgan fingerprint density at radius 2 is 1.64 bits per heavy atom. The Labute approximate surface area is 150 Å². The van der Waals surface area contributed by atoms with Crippen molar-refractivity contribution in [2.45, 2.75) is 26.8 Å². The summed E-state index contributed by atoms with van der Waals surface area (Å²) in [5.41, 5.74) is 1.00. The lowest BCUT2D eigenvalue weighted by molar-refractivity contribution is -0.137. The van der Waals surface area contributed by atoms with Crippen LogP contribution in [0.15, 0.2) is 30.3 Å². The molecule has 2 rings (SSSR count). The maximum atomic E-state index is 13.1.